The van der Waals surface area contributed by atoms with Gasteiger partial charge in [-0.15, -0.1) is 5.10 Å². The lowest BCUT2D eigenvalue weighted by Crippen LogP contribution is -2.50. The molecule has 26 heavy (non-hydrogen) atoms. The summed E-state index contributed by atoms with van der Waals surface area (Å²) in [7, 11) is 0. The fraction of sp³-hybridized carbons (Fsp3) is 0.235. The first kappa shape index (κ1) is 16.5. The van der Waals surface area contributed by atoms with Crippen molar-refractivity contribution >= 4 is 23.6 Å². The van der Waals surface area contributed by atoms with Gasteiger partial charge in [0.25, 0.3) is 0 Å². The predicted molar refractivity (Wildman–Crippen MR) is 95.2 cm³/mol. The Morgan fingerprint density at radius 1 is 1.23 bits per heavy atom. The van der Waals surface area contributed by atoms with Crippen molar-refractivity contribution in [3.63, 3.8) is 0 Å². The SMILES string of the molecule is O=C(/C=C/c1ccccc1Cl)N1CC(n2cc(Cn3nccn3)nn2)C1. The van der Waals surface area contributed by atoms with E-state index in [0.717, 1.165) is 11.3 Å². The van der Waals surface area contributed by atoms with Gasteiger partial charge in [0.1, 0.15) is 12.2 Å². The van der Waals surface area contributed by atoms with Crippen LogP contribution >= 0.6 is 11.6 Å². The maximum Gasteiger partial charge on any atom is 0.246 e. The summed E-state index contributed by atoms with van der Waals surface area (Å²) in [5, 5.41) is 17.0. The number of halogens is 1. The molecule has 2 aromatic heterocycles. The number of likely N-dealkylation sites (tertiary alicyclic amines) is 1. The van der Waals surface area contributed by atoms with E-state index in [1.807, 2.05) is 24.4 Å². The zero-order valence-corrected chi connectivity index (χ0v) is 14.6. The second-order valence-electron chi connectivity index (χ2n) is 6.00. The average molecular weight is 370 g/mol. The minimum atomic E-state index is -0.0396. The predicted octanol–water partition coefficient (Wildman–Crippen LogP) is 1.67. The first-order valence-corrected chi connectivity index (χ1v) is 8.53. The minimum Gasteiger partial charge on any atom is -0.335 e. The molecule has 1 saturated heterocycles. The van der Waals surface area contributed by atoms with Crippen molar-refractivity contribution in [2.45, 2.75) is 12.6 Å². The monoisotopic (exact) mass is 369 g/mol. The molecule has 3 aromatic rings. The molecule has 0 aliphatic carbocycles. The highest BCUT2D eigenvalue weighted by molar-refractivity contribution is 6.32. The number of hydrogen-bond acceptors (Lipinski definition) is 5. The molecule has 0 atom stereocenters. The molecule has 1 fully saturated rings. The number of rotatable bonds is 5. The van der Waals surface area contributed by atoms with Gasteiger partial charge in [-0.1, -0.05) is 35.0 Å². The van der Waals surface area contributed by atoms with E-state index in [0.29, 0.717) is 24.7 Å². The van der Waals surface area contributed by atoms with E-state index in [-0.39, 0.29) is 11.9 Å². The van der Waals surface area contributed by atoms with Gasteiger partial charge >= 0.3 is 0 Å². The number of amides is 1. The lowest BCUT2D eigenvalue weighted by atomic mass is 10.1. The highest BCUT2D eigenvalue weighted by atomic mass is 35.5. The molecule has 4 rings (SSSR count). The van der Waals surface area contributed by atoms with Gasteiger partial charge in [-0.2, -0.15) is 15.0 Å². The molecule has 3 heterocycles. The summed E-state index contributed by atoms with van der Waals surface area (Å²) in [5.74, 6) is -0.0396. The molecule has 0 saturated carbocycles. The maximum atomic E-state index is 12.2. The van der Waals surface area contributed by atoms with Crippen molar-refractivity contribution in [1.29, 1.82) is 0 Å². The number of nitrogens with zero attached hydrogens (tertiary/aromatic N) is 7. The van der Waals surface area contributed by atoms with Crippen LogP contribution in [0.3, 0.4) is 0 Å². The van der Waals surface area contributed by atoms with E-state index < -0.39 is 0 Å². The van der Waals surface area contributed by atoms with Crippen LogP contribution in [0.4, 0.5) is 0 Å². The topological polar surface area (TPSA) is 81.7 Å². The number of hydrogen-bond donors (Lipinski definition) is 0. The van der Waals surface area contributed by atoms with Gasteiger partial charge in [0.05, 0.1) is 24.6 Å². The molecule has 1 aromatic carbocycles. The first-order chi connectivity index (χ1) is 12.7. The molecule has 8 nitrogen and oxygen atoms in total. The number of carbonyl (C=O) groups is 1. The van der Waals surface area contributed by atoms with Crippen LogP contribution in [0.2, 0.25) is 5.02 Å². The van der Waals surface area contributed by atoms with Gasteiger partial charge in [-0.3, -0.25) is 4.79 Å². The Kier molecular flexibility index (Phi) is 4.49. The summed E-state index contributed by atoms with van der Waals surface area (Å²) in [6, 6.07) is 7.55. The average Bonchev–Trinajstić information content (AvgIpc) is 3.26. The van der Waals surface area contributed by atoms with E-state index in [1.54, 1.807) is 45.0 Å². The molecule has 0 radical (unpaired) electrons. The van der Waals surface area contributed by atoms with Crippen LogP contribution in [0, 0.1) is 0 Å². The second-order valence-corrected chi connectivity index (χ2v) is 6.41. The van der Waals surface area contributed by atoms with Crippen molar-refractivity contribution in [2.24, 2.45) is 0 Å². The molecule has 0 N–H and O–H groups in total. The quantitative estimate of drug-likeness (QED) is 0.639. The Morgan fingerprint density at radius 2 is 2.00 bits per heavy atom. The van der Waals surface area contributed by atoms with E-state index >= 15 is 0 Å². The molecule has 0 unspecified atom stereocenters. The highest BCUT2D eigenvalue weighted by Crippen LogP contribution is 2.22. The zero-order chi connectivity index (χ0) is 17.9. The summed E-state index contributed by atoms with van der Waals surface area (Å²) < 4.78 is 1.79. The molecule has 0 spiro atoms. The Hall–Kier alpha value is -3.00. The molecule has 1 aliphatic heterocycles. The molecule has 0 bridgehead atoms. The highest BCUT2D eigenvalue weighted by Gasteiger charge is 2.31. The second kappa shape index (κ2) is 7.09. The van der Waals surface area contributed by atoms with Crippen LogP contribution < -0.4 is 0 Å². The maximum absolute atomic E-state index is 12.2. The lowest BCUT2D eigenvalue weighted by molar-refractivity contribution is -0.131. The summed E-state index contributed by atoms with van der Waals surface area (Å²) >= 11 is 6.09. The summed E-state index contributed by atoms with van der Waals surface area (Å²) in [6.45, 7) is 1.69. The molecular formula is C17H16ClN7O. The Labute approximate surface area is 154 Å². The summed E-state index contributed by atoms with van der Waals surface area (Å²) in [6.07, 6.45) is 8.40. The fourth-order valence-corrected chi connectivity index (χ4v) is 2.91. The van der Waals surface area contributed by atoms with E-state index in [4.69, 9.17) is 11.6 Å². The van der Waals surface area contributed by atoms with Crippen LogP contribution in [0.15, 0.2) is 48.9 Å². The standard InChI is InChI=1S/C17H16ClN7O/c18-16-4-2-1-3-13(16)5-6-17(26)23-11-15(12-23)24-9-14(21-22-24)10-25-19-7-8-20-25/h1-9,15H,10-12H2/b6-5+. The number of benzene rings is 1. The number of carbonyl (C=O) groups excluding carboxylic acids is 1. The smallest absolute Gasteiger partial charge is 0.246 e. The molecule has 132 valence electrons. The van der Waals surface area contributed by atoms with Gasteiger partial charge in [0.2, 0.25) is 5.91 Å². The van der Waals surface area contributed by atoms with Crippen molar-refractivity contribution in [3.8, 4) is 0 Å². The van der Waals surface area contributed by atoms with Gasteiger partial charge in [0.15, 0.2) is 0 Å². The van der Waals surface area contributed by atoms with Crippen LogP contribution in [-0.2, 0) is 11.3 Å². The van der Waals surface area contributed by atoms with Gasteiger partial charge in [-0.25, -0.2) is 4.68 Å². The third-order valence-electron chi connectivity index (χ3n) is 4.19. The Morgan fingerprint density at radius 3 is 2.77 bits per heavy atom. The molecular weight excluding hydrogens is 354 g/mol. The molecule has 1 aliphatic rings. The molecule has 9 heteroatoms. The van der Waals surface area contributed by atoms with Crippen LogP contribution in [0.5, 0.6) is 0 Å². The summed E-state index contributed by atoms with van der Waals surface area (Å²) in [4.78, 5) is 15.5. The van der Waals surface area contributed by atoms with Crippen molar-refractivity contribution in [3.05, 3.63) is 65.2 Å². The third-order valence-corrected chi connectivity index (χ3v) is 4.53. The lowest BCUT2D eigenvalue weighted by Gasteiger charge is -2.38. The zero-order valence-electron chi connectivity index (χ0n) is 13.8. The Bertz CT molecular complexity index is 928. The van der Waals surface area contributed by atoms with Crippen molar-refractivity contribution in [1.82, 2.24) is 34.9 Å². The fourth-order valence-electron chi connectivity index (χ4n) is 2.71. The van der Waals surface area contributed by atoms with Crippen LogP contribution in [0.1, 0.15) is 17.3 Å². The summed E-state index contributed by atoms with van der Waals surface area (Å²) in [5.41, 5.74) is 1.61. The first-order valence-electron chi connectivity index (χ1n) is 8.15. The van der Waals surface area contributed by atoms with Gasteiger partial charge in [0, 0.05) is 24.2 Å². The normalized spacial score (nSPS) is 14.7. The van der Waals surface area contributed by atoms with E-state index in [2.05, 4.69) is 20.5 Å². The van der Waals surface area contributed by atoms with Crippen LogP contribution in [-0.4, -0.2) is 53.9 Å². The van der Waals surface area contributed by atoms with E-state index in [1.165, 1.54) is 0 Å². The molecule has 1 amide bonds. The third kappa shape index (κ3) is 3.50. The van der Waals surface area contributed by atoms with Crippen molar-refractivity contribution < 1.29 is 4.79 Å². The van der Waals surface area contributed by atoms with E-state index in [9.17, 15) is 4.79 Å². The largest absolute Gasteiger partial charge is 0.335 e. The van der Waals surface area contributed by atoms with Gasteiger partial charge in [-0.05, 0) is 17.7 Å². The van der Waals surface area contributed by atoms with Gasteiger partial charge < -0.3 is 4.90 Å². The minimum absolute atomic E-state index is 0.0396. The Balaban J connectivity index is 1.32. The van der Waals surface area contributed by atoms with Crippen molar-refractivity contribution in [2.75, 3.05) is 13.1 Å². The number of aromatic nitrogens is 6. The van der Waals surface area contributed by atoms with Crippen LogP contribution in [0.25, 0.3) is 6.08 Å².